The quantitative estimate of drug-likeness (QED) is 0.303. The molecule has 0 radical (unpaired) electrons. The Hall–Kier alpha value is -2.82. The van der Waals surface area contributed by atoms with Crippen LogP contribution in [-0.2, 0) is 11.3 Å². The Kier molecular flexibility index (Phi) is 8.94. The van der Waals surface area contributed by atoms with Gasteiger partial charge in [-0.25, -0.2) is 0 Å². The Bertz CT molecular complexity index is 1160. The molecule has 0 bridgehead atoms. The van der Waals surface area contributed by atoms with E-state index in [4.69, 9.17) is 14.2 Å². The van der Waals surface area contributed by atoms with Crippen molar-refractivity contribution in [3.05, 3.63) is 93.5 Å². The van der Waals surface area contributed by atoms with Crippen molar-refractivity contribution in [1.29, 1.82) is 0 Å². The second kappa shape index (κ2) is 12.1. The number of hydrogen-bond acceptors (Lipinski definition) is 4. The van der Waals surface area contributed by atoms with E-state index in [-0.39, 0.29) is 12.2 Å². The highest BCUT2D eigenvalue weighted by Gasteiger charge is 2.31. The van der Waals surface area contributed by atoms with Gasteiger partial charge in [0.2, 0.25) is 0 Å². The molecule has 0 aromatic heterocycles. The monoisotopic (exact) mass is 501 g/mol. The van der Waals surface area contributed by atoms with Crippen LogP contribution >= 0.6 is 0 Å². The van der Waals surface area contributed by atoms with Crippen LogP contribution in [-0.4, -0.2) is 38.3 Å². The van der Waals surface area contributed by atoms with Crippen molar-refractivity contribution in [3.8, 4) is 11.5 Å². The number of likely N-dealkylation sites (tertiary alicyclic amines) is 1. The van der Waals surface area contributed by atoms with E-state index in [2.05, 4.69) is 94.1 Å². The minimum atomic E-state index is -0.227. The van der Waals surface area contributed by atoms with Gasteiger partial charge in [0.1, 0.15) is 17.6 Å². The molecule has 0 saturated carbocycles. The molecule has 1 saturated heterocycles. The summed E-state index contributed by atoms with van der Waals surface area (Å²) in [5.74, 6) is 2.30. The average molecular weight is 502 g/mol. The van der Waals surface area contributed by atoms with Crippen molar-refractivity contribution < 1.29 is 14.2 Å². The molecular formula is C33H43NO3. The van der Waals surface area contributed by atoms with Gasteiger partial charge in [0.15, 0.2) is 0 Å². The van der Waals surface area contributed by atoms with Crippen LogP contribution in [0.15, 0.2) is 54.6 Å². The summed E-state index contributed by atoms with van der Waals surface area (Å²) >= 11 is 0. The van der Waals surface area contributed by atoms with E-state index in [9.17, 15) is 0 Å². The minimum Gasteiger partial charge on any atom is -0.496 e. The lowest BCUT2D eigenvalue weighted by Crippen LogP contribution is -2.37. The summed E-state index contributed by atoms with van der Waals surface area (Å²) in [5.41, 5.74) is 8.23. The number of piperidine rings is 1. The van der Waals surface area contributed by atoms with Gasteiger partial charge in [-0.2, -0.15) is 0 Å². The van der Waals surface area contributed by atoms with Crippen LogP contribution in [0.25, 0.3) is 0 Å². The molecule has 3 aromatic rings. The maximum absolute atomic E-state index is 7.02. The second-order valence-electron chi connectivity index (χ2n) is 10.7. The van der Waals surface area contributed by atoms with Crippen molar-refractivity contribution >= 4 is 0 Å². The highest BCUT2D eigenvalue weighted by atomic mass is 16.5. The molecule has 1 fully saturated rings. The molecule has 4 heteroatoms. The summed E-state index contributed by atoms with van der Waals surface area (Å²) in [5, 5.41) is 0. The van der Waals surface area contributed by atoms with E-state index in [1.54, 1.807) is 14.2 Å². The minimum absolute atomic E-state index is 0.179. The van der Waals surface area contributed by atoms with Gasteiger partial charge in [-0.1, -0.05) is 68.4 Å². The predicted molar refractivity (Wildman–Crippen MR) is 152 cm³/mol. The molecule has 1 atom stereocenters. The third kappa shape index (κ3) is 6.02. The van der Waals surface area contributed by atoms with Crippen molar-refractivity contribution in [2.45, 2.75) is 72.1 Å². The van der Waals surface area contributed by atoms with Gasteiger partial charge in [0.05, 0.1) is 20.3 Å². The highest BCUT2D eigenvalue weighted by molar-refractivity contribution is 5.60. The first-order chi connectivity index (χ1) is 17.8. The number of benzene rings is 3. The fourth-order valence-corrected chi connectivity index (χ4v) is 5.61. The van der Waals surface area contributed by atoms with E-state index in [1.807, 2.05) is 0 Å². The molecular weight excluding hydrogens is 458 g/mol. The van der Waals surface area contributed by atoms with Crippen molar-refractivity contribution in [2.75, 3.05) is 27.3 Å². The number of hydrogen-bond donors (Lipinski definition) is 0. The molecule has 0 aliphatic carbocycles. The molecule has 4 nitrogen and oxygen atoms in total. The van der Waals surface area contributed by atoms with Crippen molar-refractivity contribution in [2.24, 2.45) is 0 Å². The standard InChI is InChI=1S/C33H43NO3/c1-22(2)27-13-15-28(16-14-27)33(30-25(5)31(35-6)23(3)24(4)32(30)36-7)37-29-17-19-34(20-18-29)21-26-11-9-8-10-12-26/h8-16,22,29,33H,17-21H2,1-7H3. The topological polar surface area (TPSA) is 30.9 Å². The van der Waals surface area contributed by atoms with Gasteiger partial charge in [-0.15, -0.1) is 0 Å². The van der Waals surface area contributed by atoms with Gasteiger partial charge < -0.3 is 14.2 Å². The summed E-state index contributed by atoms with van der Waals surface area (Å²) in [7, 11) is 3.51. The van der Waals surface area contributed by atoms with Crippen LogP contribution in [0.1, 0.15) is 77.7 Å². The zero-order valence-corrected chi connectivity index (χ0v) is 23.6. The maximum Gasteiger partial charge on any atom is 0.128 e. The van der Waals surface area contributed by atoms with E-state index in [0.717, 1.165) is 71.8 Å². The molecule has 0 amide bonds. The number of methoxy groups -OCH3 is 2. The van der Waals surface area contributed by atoms with Gasteiger partial charge in [-0.3, -0.25) is 4.90 Å². The van der Waals surface area contributed by atoms with Gasteiger partial charge in [0.25, 0.3) is 0 Å². The van der Waals surface area contributed by atoms with E-state index < -0.39 is 0 Å². The van der Waals surface area contributed by atoms with Crippen LogP contribution in [0, 0.1) is 20.8 Å². The molecule has 198 valence electrons. The largest absolute Gasteiger partial charge is 0.496 e. The summed E-state index contributed by atoms with van der Waals surface area (Å²) < 4.78 is 18.9. The van der Waals surface area contributed by atoms with Gasteiger partial charge >= 0.3 is 0 Å². The van der Waals surface area contributed by atoms with Crippen LogP contribution in [0.5, 0.6) is 11.5 Å². The molecule has 4 rings (SSSR count). The van der Waals surface area contributed by atoms with Crippen LogP contribution in [0.2, 0.25) is 0 Å². The normalized spacial score (nSPS) is 15.7. The third-order valence-electron chi connectivity index (χ3n) is 7.92. The van der Waals surface area contributed by atoms with E-state index >= 15 is 0 Å². The molecule has 37 heavy (non-hydrogen) atoms. The first-order valence-electron chi connectivity index (χ1n) is 13.6. The smallest absolute Gasteiger partial charge is 0.128 e. The zero-order valence-electron chi connectivity index (χ0n) is 23.6. The Morgan fingerprint density at radius 3 is 1.89 bits per heavy atom. The SMILES string of the molecule is COc1c(C)c(C)c(OC)c(C(OC2CCN(Cc3ccccc3)CC2)c2ccc(C(C)C)cc2)c1C. The molecule has 3 aromatic carbocycles. The summed E-state index contributed by atoms with van der Waals surface area (Å²) in [4.78, 5) is 2.53. The second-order valence-corrected chi connectivity index (χ2v) is 10.7. The Morgan fingerprint density at radius 2 is 1.32 bits per heavy atom. The molecule has 1 aliphatic rings. The number of ether oxygens (including phenoxy) is 3. The van der Waals surface area contributed by atoms with Crippen LogP contribution < -0.4 is 9.47 Å². The van der Waals surface area contributed by atoms with Gasteiger partial charge in [0, 0.05) is 30.8 Å². The first kappa shape index (κ1) is 27.2. The van der Waals surface area contributed by atoms with Gasteiger partial charge in [-0.05, 0) is 67.3 Å². The Balaban J connectivity index is 1.64. The highest BCUT2D eigenvalue weighted by Crippen LogP contribution is 2.45. The maximum atomic E-state index is 7.02. The lowest BCUT2D eigenvalue weighted by atomic mass is 9.89. The van der Waals surface area contributed by atoms with Crippen LogP contribution in [0.3, 0.4) is 0 Å². The van der Waals surface area contributed by atoms with Crippen molar-refractivity contribution in [3.63, 3.8) is 0 Å². The first-order valence-corrected chi connectivity index (χ1v) is 13.6. The summed E-state index contributed by atoms with van der Waals surface area (Å²) in [6.45, 7) is 13.9. The average Bonchev–Trinajstić information content (AvgIpc) is 2.91. The summed E-state index contributed by atoms with van der Waals surface area (Å²) in [6, 6.07) is 19.7. The number of rotatable bonds is 9. The lowest BCUT2D eigenvalue weighted by molar-refractivity contribution is -0.0291. The molecule has 1 heterocycles. The Labute approximate surface area is 223 Å². The fraction of sp³-hybridized carbons (Fsp3) is 0.455. The zero-order chi connectivity index (χ0) is 26.5. The van der Waals surface area contributed by atoms with E-state index in [1.165, 1.54) is 11.1 Å². The van der Waals surface area contributed by atoms with Crippen LogP contribution in [0.4, 0.5) is 0 Å². The molecule has 0 spiro atoms. The fourth-order valence-electron chi connectivity index (χ4n) is 5.61. The molecule has 0 N–H and O–H groups in total. The molecule has 1 unspecified atom stereocenters. The third-order valence-corrected chi connectivity index (χ3v) is 7.92. The summed E-state index contributed by atoms with van der Waals surface area (Å²) in [6.07, 6.45) is 1.97. The Morgan fingerprint density at radius 1 is 0.757 bits per heavy atom. The van der Waals surface area contributed by atoms with Crippen molar-refractivity contribution in [1.82, 2.24) is 4.90 Å². The molecule has 1 aliphatic heterocycles. The number of nitrogens with zero attached hydrogens (tertiary/aromatic N) is 1. The lowest BCUT2D eigenvalue weighted by Gasteiger charge is -2.35. The predicted octanol–water partition coefficient (Wildman–Crippen LogP) is 7.52. The van der Waals surface area contributed by atoms with E-state index in [0.29, 0.717) is 5.92 Å².